The number of carbonyl (C=O) groups excluding carboxylic acids is 1. The summed E-state index contributed by atoms with van der Waals surface area (Å²) in [6.07, 6.45) is 2.93. The third-order valence-electron chi connectivity index (χ3n) is 3.06. The summed E-state index contributed by atoms with van der Waals surface area (Å²) in [5.74, 6) is 0.459. The minimum absolute atomic E-state index is 0. The van der Waals surface area contributed by atoms with Crippen LogP contribution < -0.4 is 10.6 Å². The summed E-state index contributed by atoms with van der Waals surface area (Å²) >= 11 is 0. The van der Waals surface area contributed by atoms with Gasteiger partial charge in [-0.2, -0.15) is 0 Å². The molecule has 0 aliphatic carbocycles. The highest BCUT2D eigenvalue weighted by atomic mass is 35.5. The fourth-order valence-electron chi connectivity index (χ4n) is 1.61. The van der Waals surface area contributed by atoms with Crippen LogP contribution in [0.25, 0.3) is 0 Å². The molecule has 0 aromatic heterocycles. The average Bonchev–Trinajstić information content (AvgIpc) is 2.19. The lowest BCUT2D eigenvalue weighted by Crippen LogP contribution is -2.47. The molecule has 1 amide bonds. The zero-order valence-electron chi connectivity index (χ0n) is 9.93. The SMILES string of the molecule is CCC(C)(C)NC(=O)C1CCNCC1.Cl. The normalized spacial score (nSPS) is 18.1. The predicted molar refractivity (Wildman–Crippen MR) is 65.4 cm³/mol. The molecule has 90 valence electrons. The van der Waals surface area contributed by atoms with Crippen LogP contribution in [0.4, 0.5) is 0 Å². The molecule has 1 aliphatic heterocycles. The molecule has 1 saturated heterocycles. The van der Waals surface area contributed by atoms with Gasteiger partial charge in [-0.1, -0.05) is 6.92 Å². The summed E-state index contributed by atoms with van der Waals surface area (Å²) in [4.78, 5) is 11.8. The summed E-state index contributed by atoms with van der Waals surface area (Å²) in [5, 5.41) is 6.38. The molecule has 0 radical (unpaired) electrons. The number of hydrogen-bond acceptors (Lipinski definition) is 2. The Kier molecular flexibility index (Phi) is 6.22. The van der Waals surface area contributed by atoms with E-state index in [0.717, 1.165) is 32.4 Å². The molecule has 0 aromatic rings. The number of rotatable bonds is 3. The summed E-state index contributed by atoms with van der Waals surface area (Å²) in [6.45, 7) is 8.20. The van der Waals surface area contributed by atoms with E-state index in [1.165, 1.54) is 0 Å². The molecule has 1 fully saturated rings. The molecule has 4 heteroatoms. The van der Waals surface area contributed by atoms with Gasteiger partial charge < -0.3 is 10.6 Å². The van der Waals surface area contributed by atoms with Crippen molar-refractivity contribution in [1.29, 1.82) is 0 Å². The Morgan fingerprint density at radius 2 is 1.93 bits per heavy atom. The van der Waals surface area contributed by atoms with Gasteiger partial charge in [-0.05, 0) is 46.2 Å². The smallest absolute Gasteiger partial charge is 0.223 e. The second kappa shape index (κ2) is 6.33. The van der Waals surface area contributed by atoms with E-state index in [9.17, 15) is 4.79 Å². The Labute approximate surface area is 98.8 Å². The Balaban J connectivity index is 0.00000196. The van der Waals surface area contributed by atoms with E-state index in [0.29, 0.717) is 0 Å². The average molecular weight is 235 g/mol. The van der Waals surface area contributed by atoms with E-state index >= 15 is 0 Å². The Morgan fingerprint density at radius 1 is 1.40 bits per heavy atom. The van der Waals surface area contributed by atoms with Gasteiger partial charge >= 0.3 is 0 Å². The lowest BCUT2D eigenvalue weighted by molar-refractivity contribution is -0.127. The fraction of sp³-hybridized carbons (Fsp3) is 0.909. The van der Waals surface area contributed by atoms with E-state index in [1.54, 1.807) is 0 Å². The predicted octanol–water partition coefficient (Wildman–Crippen LogP) is 1.71. The maximum absolute atomic E-state index is 11.8. The standard InChI is InChI=1S/C11H22N2O.ClH/c1-4-11(2,3)13-10(14)9-5-7-12-8-6-9;/h9,12H,4-8H2,1-3H3,(H,13,14);1H. The van der Waals surface area contributed by atoms with Crippen molar-refractivity contribution in [2.45, 2.75) is 45.6 Å². The minimum atomic E-state index is -0.0536. The Morgan fingerprint density at radius 3 is 2.40 bits per heavy atom. The van der Waals surface area contributed by atoms with Gasteiger partial charge in [0.05, 0.1) is 0 Å². The molecule has 3 nitrogen and oxygen atoms in total. The van der Waals surface area contributed by atoms with E-state index < -0.39 is 0 Å². The van der Waals surface area contributed by atoms with Gasteiger partial charge in [0.1, 0.15) is 0 Å². The summed E-state index contributed by atoms with van der Waals surface area (Å²) in [7, 11) is 0. The number of nitrogens with one attached hydrogen (secondary N) is 2. The first-order valence-electron chi connectivity index (χ1n) is 5.58. The highest BCUT2D eigenvalue weighted by Gasteiger charge is 2.25. The second-order valence-electron chi connectivity index (χ2n) is 4.75. The molecule has 1 heterocycles. The Bertz CT molecular complexity index is 201. The first-order chi connectivity index (χ1) is 6.55. The molecule has 2 N–H and O–H groups in total. The van der Waals surface area contributed by atoms with Crippen LogP contribution >= 0.6 is 12.4 Å². The van der Waals surface area contributed by atoms with Gasteiger partial charge in [0.2, 0.25) is 5.91 Å². The van der Waals surface area contributed by atoms with Crippen LogP contribution in [0.1, 0.15) is 40.0 Å². The van der Waals surface area contributed by atoms with Crippen LogP contribution in [0.3, 0.4) is 0 Å². The largest absolute Gasteiger partial charge is 0.351 e. The van der Waals surface area contributed by atoms with Crippen molar-refractivity contribution in [2.75, 3.05) is 13.1 Å². The third kappa shape index (κ3) is 4.85. The van der Waals surface area contributed by atoms with Gasteiger partial charge in [0.15, 0.2) is 0 Å². The molecule has 0 atom stereocenters. The first kappa shape index (κ1) is 14.7. The van der Waals surface area contributed by atoms with E-state index in [4.69, 9.17) is 0 Å². The first-order valence-corrected chi connectivity index (χ1v) is 5.58. The van der Waals surface area contributed by atoms with E-state index in [-0.39, 0.29) is 29.8 Å². The molecule has 15 heavy (non-hydrogen) atoms. The zero-order valence-corrected chi connectivity index (χ0v) is 10.7. The number of piperidine rings is 1. The number of halogens is 1. The molecule has 1 aliphatic rings. The Hall–Kier alpha value is -0.280. The fourth-order valence-corrected chi connectivity index (χ4v) is 1.61. The van der Waals surface area contributed by atoms with Crippen LogP contribution in [0.2, 0.25) is 0 Å². The van der Waals surface area contributed by atoms with E-state index in [2.05, 4.69) is 31.4 Å². The van der Waals surface area contributed by atoms with Gasteiger partial charge in [0.25, 0.3) is 0 Å². The van der Waals surface area contributed by atoms with Crippen LogP contribution in [0.5, 0.6) is 0 Å². The number of carbonyl (C=O) groups is 1. The van der Waals surface area contributed by atoms with Crippen molar-refractivity contribution < 1.29 is 4.79 Å². The number of amides is 1. The van der Waals surface area contributed by atoms with Gasteiger partial charge in [0, 0.05) is 11.5 Å². The monoisotopic (exact) mass is 234 g/mol. The molecule has 0 aromatic carbocycles. The van der Waals surface area contributed by atoms with Gasteiger partial charge in [-0.15, -0.1) is 12.4 Å². The summed E-state index contributed by atoms with van der Waals surface area (Å²) in [5.41, 5.74) is -0.0536. The molecule has 0 spiro atoms. The van der Waals surface area contributed by atoms with Crippen LogP contribution in [0.15, 0.2) is 0 Å². The molecule has 0 unspecified atom stereocenters. The van der Waals surface area contributed by atoms with Gasteiger partial charge in [-0.25, -0.2) is 0 Å². The zero-order chi connectivity index (χ0) is 10.6. The quantitative estimate of drug-likeness (QED) is 0.781. The lowest BCUT2D eigenvalue weighted by atomic mass is 9.94. The summed E-state index contributed by atoms with van der Waals surface area (Å²) < 4.78 is 0. The summed E-state index contributed by atoms with van der Waals surface area (Å²) in [6, 6.07) is 0. The maximum Gasteiger partial charge on any atom is 0.223 e. The lowest BCUT2D eigenvalue weighted by Gasteiger charge is -2.29. The van der Waals surface area contributed by atoms with E-state index in [1.807, 2.05) is 0 Å². The van der Waals surface area contributed by atoms with Crippen molar-refractivity contribution in [3.63, 3.8) is 0 Å². The highest BCUT2D eigenvalue weighted by Crippen LogP contribution is 2.15. The molecule has 0 bridgehead atoms. The molecule has 0 saturated carbocycles. The van der Waals surface area contributed by atoms with Crippen LogP contribution in [-0.4, -0.2) is 24.5 Å². The van der Waals surface area contributed by atoms with Crippen molar-refractivity contribution in [1.82, 2.24) is 10.6 Å². The molecular weight excluding hydrogens is 212 g/mol. The van der Waals surface area contributed by atoms with Crippen molar-refractivity contribution in [2.24, 2.45) is 5.92 Å². The molecular formula is C11H23ClN2O. The molecule has 1 rings (SSSR count). The van der Waals surface area contributed by atoms with Crippen LogP contribution in [0, 0.1) is 5.92 Å². The second-order valence-corrected chi connectivity index (χ2v) is 4.75. The maximum atomic E-state index is 11.8. The van der Waals surface area contributed by atoms with Crippen molar-refractivity contribution >= 4 is 18.3 Å². The van der Waals surface area contributed by atoms with Crippen LogP contribution in [-0.2, 0) is 4.79 Å². The highest BCUT2D eigenvalue weighted by molar-refractivity contribution is 5.85. The van der Waals surface area contributed by atoms with Crippen molar-refractivity contribution in [3.8, 4) is 0 Å². The van der Waals surface area contributed by atoms with Gasteiger partial charge in [-0.3, -0.25) is 4.79 Å². The topological polar surface area (TPSA) is 41.1 Å². The number of hydrogen-bond donors (Lipinski definition) is 2. The minimum Gasteiger partial charge on any atom is -0.351 e. The third-order valence-corrected chi connectivity index (χ3v) is 3.06. The van der Waals surface area contributed by atoms with Crippen molar-refractivity contribution in [3.05, 3.63) is 0 Å².